The second kappa shape index (κ2) is 9.18. The number of carbonyl (C=O) groups is 1. The van der Waals surface area contributed by atoms with Gasteiger partial charge in [0.25, 0.3) is 5.91 Å². The summed E-state index contributed by atoms with van der Waals surface area (Å²) in [6.07, 6.45) is 0. The summed E-state index contributed by atoms with van der Waals surface area (Å²) in [5.74, 6) is -0.100. The van der Waals surface area contributed by atoms with Crippen LogP contribution in [-0.4, -0.2) is 41.0 Å². The Bertz CT molecular complexity index is 766. The zero-order chi connectivity index (χ0) is 19.4. The van der Waals surface area contributed by atoms with Gasteiger partial charge in [-0.2, -0.15) is 0 Å². The number of rotatable bonds is 7. The molecule has 0 saturated carbocycles. The van der Waals surface area contributed by atoms with Crippen molar-refractivity contribution < 1.29 is 4.79 Å². The van der Waals surface area contributed by atoms with Gasteiger partial charge in [-0.3, -0.25) is 9.69 Å². The first kappa shape index (κ1) is 21.2. The van der Waals surface area contributed by atoms with Crippen LogP contribution in [0.15, 0.2) is 18.2 Å². The average molecular weight is 414 g/mol. The van der Waals surface area contributed by atoms with Crippen molar-refractivity contribution in [2.24, 2.45) is 0 Å². The maximum Gasteiger partial charge on any atom is 0.263 e. The van der Waals surface area contributed by atoms with E-state index in [-0.39, 0.29) is 5.91 Å². The second-order valence-corrected chi connectivity index (χ2v) is 8.58. The second-order valence-electron chi connectivity index (χ2n) is 6.74. The summed E-state index contributed by atoms with van der Waals surface area (Å²) in [7, 11) is 0. The van der Waals surface area contributed by atoms with Crippen LogP contribution in [0, 0.1) is 6.92 Å². The lowest BCUT2D eigenvalue weighted by Gasteiger charge is -2.30. The number of nitrogens with one attached hydrogen (secondary N) is 1. The van der Waals surface area contributed by atoms with E-state index in [0.717, 1.165) is 12.1 Å². The molecule has 2 rings (SSSR count). The Hall–Kier alpha value is -1.14. The van der Waals surface area contributed by atoms with Gasteiger partial charge >= 0.3 is 0 Å². The van der Waals surface area contributed by atoms with Crippen molar-refractivity contribution in [3.05, 3.63) is 38.8 Å². The SMILES string of the molecule is Cc1nc(-c2cc(Cl)ccc2Cl)sc1C(=O)NCCN(C(C)C)C(C)C. The summed E-state index contributed by atoms with van der Waals surface area (Å²) in [5.41, 5.74) is 1.44. The number of hydrogen-bond acceptors (Lipinski definition) is 4. The van der Waals surface area contributed by atoms with E-state index < -0.39 is 0 Å². The van der Waals surface area contributed by atoms with Crippen LogP contribution < -0.4 is 5.32 Å². The molecular formula is C19H25Cl2N3OS. The number of halogens is 2. The molecule has 2 aromatic rings. The van der Waals surface area contributed by atoms with E-state index in [1.807, 2.05) is 6.92 Å². The lowest BCUT2D eigenvalue weighted by molar-refractivity contribution is 0.0942. The van der Waals surface area contributed by atoms with Gasteiger partial charge in [-0.1, -0.05) is 23.2 Å². The number of hydrogen-bond donors (Lipinski definition) is 1. The predicted molar refractivity (Wildman–Crippen MR) is 112 cm³/mol. The van der Waals surface area contributed by atoms with Crippen molar-refractivity contribution in [2.45, 2.75) is 46.7 Å². The maximum atomic E-state index is 12.6. The Balaban J connectivity index is 2.09. The highest BCUT2D eigenvalue weighted by Gasteiger charge is 2.19. The number of benzene rings is 1. The van der Waals surface area contributed by atoms with Crippen molar-refractivity contribution in [1.29, 1.82) is 0 Å². The van der Waals surface area contributed by atoms with Gasteiger partial charge in [0.05, 0.1) is 10.7 Å². The molecule has 7 heteroatoms. The highest BCUT2D eigenvalue weighted by atomic mass is 35.5. The van der Waals surface area contributed by atoms with Gasteiger partial charge in [-0.25, -0.2) is 4.98 Å². The van der Waals surface area contributed by atoms with Crippen molar-refractivity contribution in [3.63, 3.8) is 0 Å². The lowest BCUT2D eigenvalue weighted by Crippen LogP contribution is -2.42. The van der Waals surface area contributed by atoms with Crippen LogP contribution >= 0.6 is 34.5 Å². The predicted octanol–water partition coefficient (Wildman–Crippen LogP) is 5.27. The summed E-state index contributed by atoms with van der Waals surface area (Å²) in [6.45, 7) is 11.9. The van der Waals surface area contributed by atoms with Gasteiger partial charge in [0.15, 0.2) is 0 Å². The summed E-state index contributed by atoms with van der Waals surface area (Å²) in [4.78, 5) is 20.0. The average Bonchev–Trinajstić information content (AvgIpc) is 2.94. The molecule has 1 N–H and O–H groups in total. The fraction of sp³-hybridized carbons (Fsp3) is 0.474. The van der Waals surface area contributed by atoms with Crippen LogP contribution in [-0.2, 0) is 0 Å². The first-order valence-electron chi connectivity index (χ1n) is 8.67. The molecule has 0 aliphatic rings. The number of nitrogens with zero attached hydrogens (tertiary/aromatic N) is 2. The molecule has 0 spiro atoms. The summed E-state index contributed by atoms with van der Waals surface area (Å²) in [6, 6.07) is 6.12. The summed E-state index contributed by atoms with van der Waals surface area (Å²) < 4.78 is 0. The Morgan fingerprint density at radius 1 is 1.23 bits per heavy atom. The monoisotopic (exact) mass is 413 g/mol. The quantitative estimate of drug-likeness (QED) is 0.671. The zero-order valence-electron chi connectivity index (χ0n) is 15.8. The first-order valence-corrected chi connectivity index (χ1v) is 10.2. The molecule has 0 unspecified atom stereocenters. The van der Waals surface area contributed by atoms with E-state index in [1.54, 1.807) is 18.2 Å². The van der Waals surface area contributed by atoms with E-state index in [0.29, 0.717) is 44.3 Å². The molecule has 4 nitrogen and oxygen atoms in total. The lowest BCUT2D eigenvalue weighted by atomic mass is 10.2. The topological polar surface area (TPSA) is 45.2 Å². The Labute approximate surface area is 169 Å². The molecule has 0 fully saturated rings. The van der Waals surface area contributed by atoms with Crippen molar-refractivity contribution in [3.8, 4) is 10.6 Å². The van der Waals surface area contributed by atoms with Gasteiger partial charge < -0.3 is 5.32 Å². The summed E-state index contributed by atoms with van der Waals surface area (Å²) in [5, 5.41) is 4.86. The van der Waals surface area contributed by atoms with Gasteiger partial charge in [0, 0.05) is 35.8 Å². The van der Waals surface area contributed by atoms with Crippen LogP contribution in [0.2, 0.25) is 10.0 Å². The van der Waals surface area contributed by atoms with Gasteiger partial charge in [0.1, 0.15) is 9.88 Å². The number of thiazole rings is 1. The van der Waals surface area contributed by atoms with Crippen LogP contribution in [0.25, 0.3) is 10.6 Å². The van der Waals surface area contributed by atoms with Crippen molar-refractivity contribution >= 4 is 40.4 Å². The molecule has 0 saturated heterocycles. The van der Waals surface area contributed by atoms with Gasteiger partial charge in [-0.05, 0) is 52.8 Å². The normalized spacial score (nSPS) is 11.6. The molecular weight excluding hydrogens is 389 g/mol. The molecule has 0 aliphatic carbocycles. The Morgan fingerprint density at radius 3 is 2.50 bits per heavy atom. The molecule has 0 bridgehead atoms. The number of aryl methyl sites for hydroxylation is 1. The third-order valence-electron chi connectivity index (χ3n) is 4.14. The maximum absolute atomic E-state index is 12.6. The molecule has 0 radical (unpaired) electrons. The number of carbonyl (C=O) groups excluding carboxylic acids is 1. The molecule has 1 heterocycles. The Kier molecular flexibility index (Phi) is 7.47. The van der Waals surface area contributed by atoms with Crippen LogP contribution in [0.5, 0.6) is 0 Å². The van der Waals surface area contributed by atoms with Gasteiger partial charge in [0.2, 0.25) is 0 Å². The molecule has 1 amide bonds. The van der Waals surface area contributed by atoms with E-state index >= 15 is 0 Å². The molecule has 1 aromatic heterocycles. The Morgan fingerprint density at radius 2 is 1.88 bits per heavy atom. The number of aromatic nitrogens is 1. The van der Waals surface area contributed by atoms with Crippen LogP contribution in [0.3, 0.4) is 0 Å². The highest BCUT2D eigenvalue weighted by Crippen LogP contribution is 2.34. The minimum atomic E-state index is -0.100. The molecule has 0 aliphatic heterocycles. The summed E-state index contributed by atoms with van der Waals surface area (Å²) >= 11 is 13.6. The van der Waals surface area contributed by atoms with E-state index in [2.05, 4.69) is 42.9 Å². The molecule has 142 valence electrons. The van der Waals surface area contributed by atoms with Crippen LogP contribution in [0.4, 0.5) is 0 Å². The fourth-order valence-electron chi connectivity index (χ4n) is 2.88. The standard InChI is InChI=1S/C19H25Cl2N3OS/c1-11(2)24(12(3)4)9-8-22-18(25)17-13(5)23-19(26-17)15-10-14(20)6-7-16(15)21/h6-7,10-12H,8-9H2,1-5H3,(H,22,25). The minimum Gasteiger partial charge on any atom is -0.350 e. The van der Waals surface area contributed by atoms with E-state index in [4.69, 9.17) is 23.2 Å². The van der Waals surface area contributed by atoms with E-state index in [1.165, 1.54) is 11.3 Å². The molecule has 26 heavy (non-hydrogen) atoms. The molecule has 1 aromatic carbocycles. The van der Waals surface area contributed by atoms with Crippen molar-refractivity contribution in [1.82, 2.24) is 15.2 Å². The first-order chi connectivity index (χ1) is 12.2. The third-order valence-corrected chi connectivity index (χ3v) is 5.90. The van der Waals surface area contributed by atoms with Crippen molar-refractivity contribution in [2.75, 3.05) is 13.1 Å². The minimum absolute atomic E-state index is 0.100. The smallest absolute Gasteiger partial charge is 0.263 e. The van der Waals surface area contributed by atoms with Gasteiger partial charge in [-0.15, -0.1) is 11.3 Å². The fourth-order valence-corrected chi connectivity index (χ4v) is 4.32. The number of amides is 1. The zero-order valence-corrected chi connectivity index (χ0v) is 18.1. The molecule has 0 atom stereocenters. The van der Waals surface area contributed by atoms with Crippen LogP contribution in [0.1, 0.15) is 43.1 Å². The largest absolute Gasteiger partial charge is 0.350 e. The highest BCUT2D eigenvalue weighted by molar-refractivity contribution is 7.17. The third kappa shape index (κ3) is 5.19. The van der Waals surface area contributed by atoms with E-state index in [9.17, 15) is 4.79 Å².